The number of benzene rings is 2. The number of hydrogen-bond acceptors (Lipinski definition) is 5. The lowest BCUT2D eigenvalue weighted by Gasteiger charge is -2.30. The Morgan fingerprint density at radius 1 is 1.10 bits per heavy atom. The topological polar surface area (TPSA) is 75.6 Å². The quantitative estimate of drug-likeness (QED) is 0.476. The molecule has 0 saturated carbocycles. The highest BCUT2D eigenvalue weighted by atomic mass is 35.5. The Balaban J connectivity index is 2.03. The van der Waals surface area contributed by atoms with Crippen LogP contribution in [0.1, 0.15) is 57.0 Å². The molecule has 5 nitrogen and oxygen atoms in total. The molecule has 0 radical (unpaired) electrons. The van der Waals surface area contributed by atoms with Gasteiger partial charge in [0.1, 0.15) is 5.60 Å². The van der Waals surface area contributed by atoms with E-state index in [9.17, 15) is 14.7 Å². The molecule has 2 N–H and O–H groups in total. The van der Waals surface area contributed by atoms with E-state index in [1.54, 1.807) is 40.7 Å². The van der Waals surface area contributed by atoms with Crippen LogP contribution in [-0.2, 0) is 11.2 Å². The molecule has 0 aliphatic heterocycles. The van der Waals surface area contributed by atoms with Crippen molar-refractivity contribution in [2.75, 3.05) is 6.61 Å². The van der Waals surface area contributed by atoms with Crippen molar-refractivity contribution in [3.05, 3.63) is 58.6 Å². The number of amides is 1. The summed E-state index contributed by atoms with van der Waals surface area (Å²) in [6.07, 6.45) is 0.515. The van der Waals surface area contributed by atoms with E-state index in [0.29, 0.717) is 23.4 Å². The molecule has 7 heteroatoms. The molecule has 0 spiro atoms. The molecule has 31 heavy (non-hydrogen) atoms. The van der Waals surface area contributed by atoms with Crippen molar-refractivity contribution in [3.8, 4) is 0 Å². The van der Waals surface area contributed by atoms with Gasteiger partial charge in [-0.2, -0.15) is 0 Å². The third-order valence-electron chi connectivity index (χ3n) is 4.60. The fourth-order valence-corrected chi connectivity index (χ4v) is 4.11. The molecule has 1 amide bonds. The second-order valence-electron chi connectivity index (χ2n) is 8.78. The van der Waals surface area contributed by atoms with Gasteiger partial charge in [0.25, 0.3) is 0 Å². The lowest BCUT2D eigenvalue weighted by Crippen LogP contribution is -2.50. The zero-order chi connectivity index (χ0) is 23.2. The van der Waals surface area contributed by atoms with Crippen LogP contribution in [0.5, 0.6) is 0 Å². The summed E-state index contributed by atoms with van der Waals surface area (Å²) >= 11 is 8.03. The fraction of sp³-hybridized carbons (Fsp3) is 0.417. The van der Waals surface area contributed by atoms with Gasteiger partial charge < -0.3 is 15.2 Å². The minimum atomic E-state index is -0.827. The van der Waals surface area contributed by atoms with Gasteiger partial charge in [-0.15, -0.1) is 0 Å². The number of Topliss-reactive ketones (excluding diaryl/α,β-unsaturated/α-hetero) is 1. The average molecular weight is 464 g/mol. The van der Waals surface area contributed by atoms with E-state index in [4.69, 9.17) is 16.3 Å². The third-order valence-corrected chi connectivity index (χ3v) is 5.93. The van der Waals surface area contributed by atoms with Gasteiger partial charge in [0, 0.05) is 20.4 Å². The first-order valence-electron chi connectivity index (χ1n) is 10.1. The Kier molecular flexibility index (Phi) is 8.57. The summed E-state index contributed by atoms with van der Waals surface area (Å²) in [6, 6.07) is 13.3. The van der Waals surface area contributed by atoms with Gasteiger partial charge in [-0.1, -0.05) is 41.6 Å². The smallest absolute Gasteiger partial charge is 0.408 e. The van der Waals surface area contributed by atoms with Crippen LogP contribution < -0.4 is 5.32 Å². The first-order chi connectivity index (χ1) is 14.4. The van der Waals surface area contributed by atoms with Crippen LogP contribution in [-0.4, -0.2) is 34.7 Å². The van der Waals surface area contributed by atoms with Crippen LogP contribution in [0.2, 0.25) is 5.02 Å². The lowest BCUT2D eigenvalue weighted by molar-refractivity contribution is 0.0406. The van der Waals surface area contributed by atoms with Crippen LogP contribution in [0.25, 0.3) is 0 Å². The summed E-state index contributed by atoms with van der Waals surface area (Å²) in [6.45, 7) is 8.48. The molecule has 0 aromatic heterocycles. The van der Waals surface area contributed by atoms with Crippen LogP contribution in [0.4, 0.5) is 4.79 Å². The molecule has 0 saturated heterocycles. The van der Waals surface area contributed by atoms with E-state index in [1.165, 1.54) is 11.8 Å². The zero-order valence-corrected chi connectivity index (χ0v) is 20.2. The van der Waals surface area contributed by atoms with Crippen molar-refractivity contribution >= 4 is 35.2 Å². The van der Waals surface area contributed by atoms with Crippen molar-refractivity contribution in [1.82, 2.24) is 5.32 Å². The van der Waals surface area contributed by atoms with Crippen LogP contribution in [0.15, 0.2) is 52.3 Å². The summed E-state index contributed by atoms with van der Waals surface area (Å²) < 4.78 is 5.30. The Morgan fingerprint density at radius 3 is 2.35 bits per heavy atom. The number of alkyl carbamates (subject to hydrolysis) is 1. The summed E-state index contributed by atoms with van der Waals surface area (Å²) in [5, 5.41) is 13.2. The van der Waals surface area contributed by atoms with Crippen molar-refractivity contribution in [2.24, 2.45) is 0 Å². The highest BCUT2D eigenvalue weighted by Gasteiger charge is 2.28. The molecule has 0 aliphatic rings. The number of carbonyl (C=O) groups excluding carboxylic acids is 2. The number of nitrogens with one attached hydrogen (secondary N) is 1. The van der Waals surface area contributed by atoms with Crippen molar-refractivity contribution in [1.29, 1.82) is 0 Å². The Morgan fingerprint density at radius 2 is 1.77 bits per heavy atom. The van der Waals surface area contributed by atoms with E-state index in [0.717, 1.165) is 15.4 Å². The molecule has 1 atom stereocenters. The molecule has 0 heterocycles. The van der Waals surface area contributed by atoms with Gasteiger partial charge in [-0.05, 0) is 77.3 Å². The highest BCUT2D eigenvalue weighted by Crippen LogP contribution is 2.32. The SMILES string of the molecule is CC(=O)c1cccc(Sc2ccc(CC[C@@](C)(CO)NC(=O)OC(C)(C)C)c(Cl)c2)c1. The van der Waals surface area contributed by atoms with Gasteiger partial charge >= 0.3 is 6.09 Å². The normalized spacial score (nSPS) is 13.4. The maximum atomic E-state index is 12.1. The molecular weight excluding hydrogens is 434 g/mol. The van der Waals surface area contributed by atoms with E-state index >= 15 is 0 Å². The predicted molar refractivity (Wildman–Crippen MR) is 125 cm³/mol. The molecule has 2 rings (SSSR count). The number of ketones is 1. The lowest BCUT2D eigenvalue weighted by atomic mass is 9.94. The fourth-order valence-electron chi connectivity index (χ4n) is 2.85. The van der Waals surface area contributed by atoms with Crippen LogP contribution in [0.3, 0.4) is 0 Å². The van der Waals surface area contributed by atoms with Crippen molar-refractivity contribution in [2.45, 2.75) is 68.4 Å². The molecule has 0 fully saturated rings. The van der Waals surface area contributed by atoms with E-state index < -0.39 is 17.2 Å². The number of aliphatic hydroxyl groups is 1. The minimum absolute atomic E-state index is 0.0303. The predicted octanol–water partition coefficient (Wildman–Crippen LogP) is 5.90. The third kappa shape index (κ3) is 8.20. The van der Waals surface area contributed by atoms with Gasteiger partial charge in [0.2, 0.25) is 0 Å². The van der Waals surface area contributed by atoms with Gasteiger partial charge in [0.15, 0.2) is 5.78 Å². The minimum Gasteiger partial charge on any atom is -0.444 e. The largest absolute Gasteiger partial charge is 0.444 e. The molecule has 2 aromatic carbocycles. The number of aliphatic hydroxyl groups excluding tert-OH is 1. The van der Waals surface area contributed by atoms with E-state index in [-0.39, 0.29) is 12.4 Å². The molecule has 168 valence electrons. The summed E-state index contributed by atoms with van der Waals surface area (Å²) in [4.78, 5) is 25.6. The van der Waals surface area contributed by atoms with Crippen molar-refractivity contribution < 1.29 is 19.4 Å². The molecular formula is C24H30ClNO4S. The number of hydrogen-bond donors (Lipinski definition) is 2. The van der Waals surface area contributed by atoms with Gasteiger partial charge in [-0.3, -0.25) is 4.79 Å². The van der Waals surface area contributed by atoms with Crippen molar-refractivity contribution in [3.63, 3.8) is 0 Å². The Hall–Kier alpha value is -2.02. The average Bonchev–Trinajstić information content (AvgIpc) is 2.66. The summed E-state index contributed by atoms with van der Waals surface area (Å²) in [5.41, 5.74) is 0.163. The van der Waals surface area contributed by atoms with Gasteiger partial charge in [0.05, 0.1) is 12.1 Å². The molecule has 2 aromatic rings. The van der Waals surface area contributed by atoms with Crippen LogP contribution in [0, 0.1) is 0 Å². The Labute approximate surface area is 193 Å². The maximum absolute atomic E-state index is 12.1. The second kappa shape index (κ2) is 10.5. The van der Waals surface area contributed by atoms with E-state index in [2.05, 4.69) is 5.32 Å². The first kappa shape index (κ1) is 25.2. The Bertz CT molecular complexity index is 941. The standard InChI is InChI=1S/C24H30ClNO4S/c1-16(28)18-7-6-8-19(13-18)31-20-10-9-17(21(25)14-20)11-12-24(5,15-27)26-22(29)30-23(2,3)4/h6-10,13-14,27H,11-12,15H2,1-5H3,(H,26,29)/t24-/m0/s1. The molecule has 0 unspecified atom stereocenters. The monoisotopic (exact) mass is 463 g/mol. The number of aryl methyl sites for hydroxylation is 1. The number of ether oxygens (including phenoxy) is 1. The number of carbonyl (C=O) groups is 2. The van der Waals surface area contributed by atoms with Gasteiger partial charge in [-0.25, -0.2) is 4.79 Å². The molecule has 0 bridgehead atoms. The summed E-state index contributed by atoms with van der Waals surface area (Å²) in [5.74, 6) is 0.0303. The maximum Gasteiger partial charge on any atom is 0.408 e. The molecule has 0 aliphatic carbocycles. The second-order valence-corrected chi connectivity index (χ2v) is 10.3. The zero-order valence-electron chi connectivity index (χ0n) is 18.6. The first-order valence-corrected chi connectivity index (χ1v) is 11.3. The number of halogens is 1. The number of rotatable bonds is 8. The summed E-state index contributed by atoms with van der Waals surface area (Å²) in [7, 11) is 0. The van der Waals surface area contributed by atoms with Crippen LogP contribution >= 0.6 is 23.4 Å². The highest BCUT2D eigenvalue weighted by molar-refractivity contribution is 7.99. The van der Waals surface area contributed by atoms with E-state index in [1.807, 2.05) is 36.4 Å².